The first kappa shape index (κ1) is 10.6. The fourth-order valence-corrected chi connectivity index (χ4v) is 1.74. The lowest BCUT2D eigenvalue weighted by Crippen LogP contribution is -2.11. The third-order valence-corrected chi connectivity index (χ3v) is 2.91. The van der Waals surface area contributed by atoms with E-state index in [1.165, 1.54) is 0 Å². The summed E-state index contributed by atoms with van der Waals surface area (Å²) in [6, 6.07) is 13.9. The predicted molar refractivity (Wildman–Crippen MR) is 69.4 cm³/mol. The molecule has 3 heteroatoms. The SMILES string of the molecule is N[C@H](c1ccccc1)c1ccc(I)nc1. The molecular weight excluding hydrogens is 299 g/mol. The summed E-state index contributed by atoms with van der Waals surface area (Å²) in [7, 11) is 0. The van der Waals surface area contributed by atoms with Crippen molar-refractivity contribution in [3.05, 3.63) is 63.5 Å². The molecule has 2 N–H and O–H groups in total. The maximum absolute atomic E-state index is 6.12. The van der Waals surface area contributed by atoms with Crippen molar-refractivity contribution in [2.45, 2.75) is 6.04 Å². The van der Waals surface area contributed by atoms with E-state index in [4.69, 9.17) is 5.73 Å². The van der Waals surface area contributed by atoms with Crippen LogP contribution in [0.2, 0.25) is 0 Å². The van der Waals surface area contributed by atoms with E-state index in [9.17, 15) is 0 Å². The van der Waals surface area contributed by atoms with Crippen molar-refractivity contribution in [2.75, 3.05) is 0 Å². The highest BCUT2D eigenvalue weighted by Gasteiger charge is 2.07. The monoisotopic (exact) mass is 310 g/mol. The second-order valence-corrected chi connectivity index (χ2v) is 4.41. The molecule has 0 aliphatic rings. The maximum Gasteiger partial charge on any atom is 0.101 e. The van der Waals surface area contributed by atoms with Crippen molar-refractivity contribution >= 4 is 22.6 Å². The molecule has 15 heavy (non-hydrogen) atoms. The third-order valence-electron chi connectivity index (χ3n) is 2.27. The molecule has 0 saturated heterocycles. The van der Waals surface area contributed by atoms with E-state index in [1.54, 1.807) is 0 Å². The second-order valence-electron chi connectivity index (χ2n) is 3.30. The van der Waals surface area contributed by atoms with Crippen molar-refractivity contribution < 1.29 is 0 Å². The van der Waals surface area contributed by atoms with E-state index in [-0.39, 0.29) is 6.04 Å². The van der Waals surface area contributed by atoms with Crippen molar-refractivity contribution in [1.29, 1.82) is 0 Å². The van der Waals surface area contributed by atoms with Gasteiger partial charge in [0.05, 0.1) is 6.04 Å². The Morgan fingerprint density at radius 1 is 1.00 bits per heavy atom. The highest BCUT2D eigenvalue weighted by atomic mass is 127. The van der Waals surface area contributed by atoms with Crippen LogP contribution in [0.1, 0.15) is 17.2 Å². The van der Waals surface area contributed by atoms with Crippen LogP contribution in [0, 0.1) is 3.70 Å². The van der Waals surface area contributed by atoms with Crippen LogP contribution in [0.5, 0.6) is 0 Å². The standard InChI is InChI=1S/C12H11IN2/c13-11-7-6-10(8-15-11)12(14)9-4-2-1-3-5-9/h1-8,12H,14H2/t12-/m1/s1. The molecule has 1 heterocycles. The normalized spacial score (nSPS) is 12.4. The summed E-state index contributed by atoms with van der Waals surface area (Å²) in [5, 5.41) is 0. The first-order valence-electron chi connectivity index (χ1n) is 4.69. The Kier molecular flexibility index (Phi) is 3.33. The molecule has 0 unspecified atom stereocenters. The summed E-state index contributed by atoms with van der Waals surface area (Å²) >= 11 is 2.18. The minimum absolute atomic E-state index is 0.0873. The largest absolute Gasteiger partial charge is 0.320 e. The van der Waals surface area contributed by atoms with Gasteiger partial charge in [0.1, 0.15) is 3.70 Å². The fourth-order valence-electron chi connectivity index (χ4n) is 1.42. The molecular formula is C12H11IN2. The fraction of sp³-hybridized carbons (Fsp3) is 0.0833. The number of benzene rings is 1. The lowest BCUT2D eigenvalue weighted by molar-refractivity contribution is 0.861. The first-order valence-corrected chi connectivity index (χ1v) is 5.77. The summed E-state index contributed by atoms with van der Waals surface area (Å²) in [4.78, 5) is 4.23. The topological polar surface area (TPSA) is 38.9 Å². The van der Waals surface area contributed by atoms with Gasteiger partial charge in [0.15, 0.2) is 0 Å². The molecule has 0 bridgehead atoms. The summed E-state index contributed by atoms with van der Waals surface area (Å²) < 4.78 is 0.983. The molecule has 2 nitrogen and oxygen atoms in total. The molecule has 0 spiro atoms. The molecule has 0 aliphatic heterocycles. The number of aromatic nitrogens is 1. The van der Waals surface area contributed by atoms with Crippen LogP contribution in [-0.4, -0.2) is 4.98 Å². The quantitative estimate of drug-likeness (QED) is 0.684. The third kappa shape index (κ3) is 2.54. The second kappa shape index (κ2) is 4.72. The first-order chi connectivity index (χ1) is 7.27. The van der Waals surface area contributed by atoms with Gasteiger partial charge in [-0.15, -0.1) is 0 Å². The average Bonchev–Trinajstić information content (AvgIpc) is 2.30. The number of hydrogen-bond acceptors (Lipinski definition) is 2. The van der Waals surface area contributed by atoms with Crippen molar-refractivity contribution in [3.8, 4) is 0 Å². The van der Waals surface area contributed by atoms with Crippen LogP contribution >= 0.6 is 22.6 Å². The Bertz CT molecular complexity index is 425. The minimum Gasteiger partial charge on any atom is -0.320 e. The van der Waals surface area contributed by atoms with E-state index in [2.05, 4.69) is 27.6 Å². The Balaban J connectivity index is 2.29. The number of rotatable bonds is 2. The van der Waals surface area contributed by atoms with Crippen LogP contribution in [-0.2, 0) is 0 Å². The molecule has 2 rings (SSSR count). The molecule has 0 amide bonds. The van der Waals surface area contributed by atoms with E-state index in [0.717, 1.165) is 14.8 Å². The van der Waals surface area contributed by atoms with Crippen LogP contribution in [0.15, 0.2) is 48.7 Å². The Morgan fingerprint density at radius 2 is 1.73 bits per heavy atom. The number of nitrogens with zero attached hydrogens (tertiary/aromatic N) is 1. The molecule has 2 aromatic rings. The smallest absolute Gasteiger partial charge is 0.101 e. The number of halogens is 1. The molecule has 0 aliphatic carbocycles. The van der Waals surface area contributed by atoms with Gasteiger partial charge < -0.3 is 5.73 Å². The Labute approximate surface area is 103 Å². The summed E-state index contributed by atoms with van der Waals surface area (Å²) in [6.45, 7) is 0. The lowest BCUT2D eigenvalue weighted by Gasteiger charge is -2.11. The summed E-state index contributed by atoms with van der Waals surface area (Å²) in [6.07, 6.45) is 1.83. The molecule has 0 saturated carbocycles. The predicted octanol–water partition coefficient (Wildman–Crippen LogP) is 2.73. The van der Waals surface area contributed by atoms with Crippen molar-refractivity contribution in [1.82, 2.24) is 4.98 Å². The molecule has 0 radical (unpaired) electrons. The van der Waals surface area contributed by atoms with Gasteiger partial charge in [-0.05, 0) is 39.8 Å². The van der Waals surface area contributed by atoms with Crippen molar-refractivity contribution in [3.63, 3.8) is 0 Å². The van der Waals surface area contributed by atoms with Crippen LogP contribution < -0.4 is 5.73 Å². The van der Waals surface area contributed by atoms with Gasteiger partial charge in [-0.1, -0.05) is 36.4 Å². The average molecular weight is 310 g/mol. The van der Waals surface area contributed by atoms with Gasteiger partial charge in [-0.25, -0.2) is 4.98 Å². The Hall–Kier alpha value is -0.940. The van der Waals surface area contributed by atoms with Gasteiger partial charge in [-0.3, -0.25) is 0 Å². The highest BCUT2D eigenvalue weighted by Crippen LogP contribution is 2.18. The maximum atomic E-state index is 6.12. The minimum atomic E-state index is -0.0873. The van der Waals surface area contributed by atoms with E-state index in [0.29, 0.717) is 0 Å². The molecule has 1 atom stereocenters. The zero-order chi connectivity index (χ0) is 10.7. The van der Waals surface area contributed by atoms with E-state index < -0.39 is 0 Å². The van der Waals surface area contributed by atoms with Gasteiger partial charge in [0.2, 0.25) is 0 Å². The molecule has 76 valence electrons. The number of pyridine rings is 1. The van der Waals surface area contributed by atoms with Crippen LogP contribution in [0.25, 0.3) is 0 Å². The van der Waals surface area contributed by atoms with Gasteiger partial charge in [-0.2, -0.15) is 0 Å². The van der Waals surface area contributed by atoms with Gasteiger partial charge >= 0.3 is 0 Å². The Morgan fingerprint density at radius 3 is 2.33 bits per heavy atom. The van der Waals surface area contributed by atoms with Crippen LogP contribution in [0.4, 0.5) is 0 Å². The highest BCUT2D eigenvalue weighted by molar-refractivity contribution is 14.1. The zero-order valence-electron chi connectivity index (χ0n) is 8.10. The number of nitrogens with two attached hydrogens (primary N) is 1. The summed E-state index contributed by atoms with van der Waals surface area (Å²) in [5.41, 5.74) is 8.28. The van der Waals surface area contributed by atoms with E-state index in [1.807, 2.05) is 48.7 Å². The molecule has 1 aromatic heterocycles. The molecule has 1 aromatic carbocycles. The summed E-state index contributed by atoms with van der Waals surface area (Å²) in [5.74, 6) is 0. The number of hydrogen-bond donors (Lipinski definition) is 1. The lowest BCUT2D eigenvalue weighted by atomic mass is 10.0. The van der Waals surface area contributed by atoms with Gasteiger partial charge in [0, 0.05) is 6.20 Å². The molecule has 0 fully saturated rings. The van der Waals surface area contributed by atoms with Crippen molar-refractivity contribution in [2.24, 2.45) is 5.73 Å². The zero-order valence-corrected chi connectivity index (χ0v) is 10.3. The van der Waals surface area contributed by atoms with Gasteiger partial charge in [0.25, 0.3) is 0 Å². The van der Waals surface area contributed by atoms with Crippen LogP contribution in [0.3, 0.4) is 0 Å². The van der Waals surface area contributed by atoms with E-state index >= 15 is 0 Å².